The minimum Gasteiger partial charge on any atom is -0.448 e. The number of hydrogen-bond acceptors (Lipinski definition) is 6. The summed E-state index contributed by atoms with van der Waals surface area (Å²) in [5.41, 5.74) is 0. The zero-order chi connectivity index (χ0) is 16.5. The number of ether oxygens (including phenoxy) is 1. The van der Waals surface area contributed by atoms with Gasteiger partial charge in [0.2, 0.25) is 4.80 Å². The van der Waals surface area contributed by atoms with Crippen molar-refractivity contribution in [2.45, 2.75) is 36.9 Å². The Hall–Kier alpha value is -1.35. The highest BCUT2D eigenvalue weighted by molar-refractivity contribution is 8.00. The van der Waals surface area contributed by atoms with Crippen LogP contribution >= 0.6 is 23.1 Å². The van der Waals surface area contributed by atoms with Gasteiger partial charge in [0.05, 0.1) is 6.61 Å². The molecule has 1 heterocycles. The van der Waals surface area contributed by atoms with Crippen LogP contribution in [-0.4, -0.2) is 53.8 Å². The molecule has 7 nitrogen and oxygen atoms in total. The first-order valence-corrected chi connectivity index (χ1v) is 9.11. The largest absolute Gasteiger partial charge is 0.448 e. The van der Waals surface area contributed by atoms with E-state index in [-0.39, 0.29) is 4.80 Å². The van der Waals surface area contributed by atoms with E-state index >= 15 is 0 Å². The van der Waals surface area contributed by atoms with Crippen LogP contribution in [0.1, 0.15) is 32.6 Å². The number of amides is 2. The number of hydrogen-bond donors (Lipinski definition) is 0. The topological polar surface area (TPSA) is 76.8 Å². The van der Waals surface area contributed by atoms with Gasteiger partial charge in [-0.1, -0.05) is 49.3 Å². The molecule has 0 spiro atoms. The second kappa shape index (κ2) is 9.62. The molecule has 0 unspecified atom stereocenters. The quantitative estimate of drug-likeness (QED) is 0.585. The highest BCUT2D eigenvalue weighted by atomic mass is 32.2. The second-order valence-electron chi connectivity index (χ2n) is 4.73. The molecule has 9 heteroatoms. The molecule has 0 saturated carbocycles. The summed E-state index contributed by atoms with van der Waals surface area (Å²) in [6, 6.07) is -0.444. The fraction of sp³-hybridized carbons (Fsp3) is 0.692. The van der Waals surface area contributed by atoms with Crippen molar-refractivity contribution in [3.8, 4) is 0 Å². The predicted octanol–water partition coefficient (Wildman–Crippen LogP) is 2.81. The van der Waals surface area contributed by atoms with Gasteiger partial charge in [-0.25, -0.2) is 9.59 Å². The van der Waals surface area contributed by atoms with Crippen LogP contribution in [0, 0.1) is 0 Å². The highest BCUT2D eigenvalue weighted by Gasteiger charge is 2.14. The summed E-state index contributed by atoms with van der Waals surface area (Å²) in [5, 5.41) is 4.12. The first kappa shape index (κ1) is 18.7. The number of thioether (sulfide) groups is 1. The van der Waals surface area contributed by atoms with Gasteiger partial charge < -0.3 is 9.64 Å². The maximum absolute atomic E-state index is 12.1. The number of carbonyl (C=O) groups is 2. The molecule has 1 rings (SSSR count). The van der Waals surface area contributed by atoms with Crippen molar-refractivity contribution in [1.29, 1.82) is 0 Å². The Kier molecular flexibility index (Phi) is 8.18. The number of rotatable bonds is 6. The summed E-state index contributed by atoms with van der Waals surface area (Å²) in [6.07, 6.45) is 5.34. The van der Waals surface area contributed by atoms with Crippen molar-refractivity contribution in [3.05, 3.63) is 4.80 Å². The molecule has 0 aliphatic carbocycles. The lowest BCUT2D eigenvalue weighted by Crippen LogP contribution is -2.29. The molecule has 22 heavy (non-hydrogen) atoms. The van der Waals surface area contributed by atoms with Gasteiger partial charge in [-0.15, -0.1) is 9.78 Å². The molecular weight excluding hydrogens is 324 g/mol. The predicted molar refractivity (Wildman–Crippen MR) is 87.4 cm³/mol. The van der Waals surface area contributed by atoms with Gasteiger partial charge in [-0.2, -0.15) is 4.99 Å². The number of urea groups is 1. The van der Waals surface area contributed by atoms with Crippen molar-refractivity contribution >= 4 is 35.2 Å². The summed E-state index contributed by atoms with van der Waals surface area (Å²) >= 11 is 2.57. The van der Waals surface area contributed by atoms with Gasteiger partial charge in [-0.3, -0.25) is 0 Å². The van der Waals surface area contributed by atoms with Crippen molar-refractivity contribution in [3.63, 3.8) is 0 Å². The standard InChI is InChI=1S/C13H22N4O3S2/c1-5-6-7-8-9-20-13(19)17-11(14-10(18)16(2)3)22-12(15-17)21-4/h5-9H2,1-4H3. The Bertz CT molecular complexity index is 566. The van der Waals surface area contributed by atoms with E-state index in [0.29, 0.717) is 10.9 Å². The Morgan fingerprint density at radius 2 is 2.09 bits per heavy atom. The molecule has 0 aliphatic rings. The third-order valence-electron chi connectivity index (χ3n) is 2.69. The Morgan fingerprint density at radius 3 is 2.68 bits per heavy atom. The third kappa shape index (κ3) is 5.80. The lowest BCUT2D eigenvalue weighted by atomic mass is 10.2. The lowest BCUT2D eigenvalue weighted by molar-refractivity contribution is 0.140. The van der Waals surface area contributed by atoms with Gasteiger partial charge in [0.25, 0.3) is 0 Å². The Morgan fingerprint density at radius 1 is 1.36 bits per heavy atom. The summed E-state index contributed by atoms with van der Waals surface area (Å²) in [4.78, 5) is 29.2. The molecule has 0 bridgehead atoms. The van der Waals surface area contributed by atoms with E-state index in [9.17, 15) is 9.59 Å². The first-order chi connectivity index (χ1) is 10.5. The van der Waals surface area contributed by atoms with Gasteiger partial charge in [-0.05, 0) is 12.7 Å². The second-order valence-corrected chi connectivity index (χ2v) is 6.74. The Balaban J connectivity index is 2.82. The molecule has 0 atom stereocenters. The van der Waals surface area contributed by atoms with Crippen molar-refractivity contribution in [2.24, 2.45) is 4.99 Å². The van der Waals surface area contributed by atoms with Crippen molar-refractivity contribution in [2.75, 3.05) is 27.0 Å². The maximum Gasteiger partial charge on any atom is 0.437 e. The number of nitrogens with zero attached hydrogens (tertiary/aromatic N) is 4. The molecule has 0 radical (unpaired) electrons. The van der Waals surface area contributed by atoms with E-state index in [2.05, 4.69) is 17.0 Å². The van der Waals surface area contributed by atoms with E-state index in [1.165, 1.54) is 28.0 Å². The van der Waals surface area contributed by atoms with E-state index in [1.807, 2.05) is 6.26 Å². The van der Waals surface area contributed by atoms with Crippen LogP contribution < -0.4 is 4.80 Å². The molecule has 0 aliphatic heterocycles. The zero-order valence-corrected chi connectivity index (χ0v) is 15.0. The number of unbranched alkanes of at least 4 members (excludes halogenated alkanes) is 3. The highest BCUT2D eigenvalue weighted by Crippen LogP contribution is 2.13. The molecule has 1 aromatic heterocycles. The smallest absolute Gasteiger partial charge is 0.437 e. The minimum atomic E-state index is -0.599. The monoisotopic (exact) mass is 346 g/mol. The molecule has 0 fully saturated rings. The van der Waals surface area contributed by atoms with Gasteiger partial charge in [0.15, 0.2) is 4.34 Å². The lowest BCUT2D eigenvalue weighted by Gasteiger charge is -2.05. The summed E-state index contributed by atoms with van der Waals surface area (Å²) in [5.74, 6) is 0. The van der Waals surface area contributed by atoms with Crippen molar-refractivity contribution < 1.29 is 14.3 Å². The SMILES string of the molecule is CCCCCCOC(=O)n1nc(SC)sc1=NC(=O)N(C)C. The normalized spacial score (nSPS) is 11.5. The summed E-state index contributed by atoms with van der Waals surface area (Å²) < 4.78 is 6.89. The van der Waals surface area contributed by atoms with Crippen LogP contribution in [0.3, 0.4) is 0 Å². The summed E-state index contributed by atoms with van der Waals surface area (Å²) in [6.45, 7) is 2.47. The van der Waals surface area contributed by atoms with Gasteiger partial charge >= 0.3 is 12.1 Å². The molecular formula is C13H22N4O3S2. The number of carbonyl (C=O) groups excluding carboxylic acids is 2. The molecule has 1 aromatic rings. The minimum absolute atomic E-state index is 0.224. The first-order valence-electron chi connectivity index (χ1n) is 7.06. The van der Waals surface area contributed by atoms with Crippen LogP contribution in [0.4, 0.5) is 9.59 Å². The van der Waals surface area contributed by atoms with Crippen LogP contribution in [-0.2, 0) is 4.74 Å². The molecule has 2 amide bonds. The Labute approximate surface area is 138 Å². The molecule has 124 valence electrons. The van der Waals surface area contributed by atoms with E-state index in [4.69, 9.17) is 4.74 Å². The molecule has 0 saturated heterocycles. The van der Waals surface area contributed by atoms with Crippen molar-refractivity contribution in [1.82, 2.24) is 14.7 Å². The fourth-order valence-corrected chi connectivity index (χ4v) is 2.79. The van der Waals surface area contributed by atoms with Crippen LogP contribution in [0.2, 0.25) is 0 Å². The van der Waals surface area contributed by atoms with Gasteiger partial charge in [0.1, 0.15) is 0 Å². The average Bonchev–Trinajstić information content (AvgIpc) is 2.89. The number of aromatic nitrogens is 2. The zero-order valence-electron chi connectivity index (χ0n) is 13.4. The van der Waals surface area contributed by atoms with E-state index in [1.54, 1.807) is 14.1 Å². The molecule has 0 N–H and O–H groups in total. The van der Waals surface area contributed by atoms with Gasteiger partial charge in [0, 0.05) is 14.1 Å². The average molecular weight is 346 g/mol. The van der Waals surface area contributed by atoms with E-state index in [0.717, 1.165) is 30.4 Å². The summed E-state index contributed by atoms with van der Waals surface area (Å²) in [7, 11) is 3.19. The maximum atomic E-state index is 12.1. The van der Waals surface area contributed by atoms with Crippen LogP contribution in [0.5, 0.6) is 0 Å². The fourth-order valence-electron chi connectivity index (χ4n) is 1.47. The van der Waals surface area contributed by atoms with Crippen LogP contribution in [0.15, 0.2) is 9.33 Å². The third-order valence-corrected chi connectivity index (χ3v) is 4.57. The van der Waals surface area contributed by atoms with E-state index < -0.39 is 12.1 Å². The molecule has 0 aromatic carbocycles. The van der Waals surface area contributed by atoms with Crippen LogP contribution in [0.25, 0.3) is 0 Å².